The van der Waals surface area contributed by atoms with Gasteiger partial charge in [-0.05, 0) is 12.8 Å². The number of carbonyl (C=O) groups excluding carboxylic acids is 2. The van der Waals surface area contributed by atoms with E-state index in [1.807, 2.05) is 21.1 Å². The molecule has 0 saturated carbocycles. The molecule has 0 aromatic carbocycles. The van der Waals surface area contributed by atoms with E-state index in [4.69, 9.17) is 18.5 Å². The quantitative estimate of drug-likeness (QED) is 0.0256. The minimum Gasteiger partial charge on any atom is -0.756 e. The molecule has 9 nitrogen and oxygen atoms in total. The maximum absolute atomic E-state index is 12.9. The number of esters is 2. The maximum Gasteiger partial charge on any atom is 0.306 e. The summed E-state index contributed by atoms with van der Waals surface area (Å²) in [6, 6.07) is 0. The number of hydrogen-bond acceptors (Lipinski definition) is 8. The van der Waals surface area contributed by atoms with Gasteiger partial charge in [0.15, 0.2) is 6.10 Å². The minimum absolute atomic E-state index is 0.0247. The zero-order valence-corrected chi connectivity index (χ0v) is 57.6. The number of ether oxygens (including phenoxy) is 2. The standard InChI is InChI=1S/C73H146NO8P/c1-6-8-10-12-14-16-18-20-22-24-26-28-30-32-34-36-38-40-42-44-46-48-50-52-54-56-58-60-62-64-66-73(76)82-71(70-81-83(77,78)80-68-67-74(3,4)5)69-79-72(75)65-63-61-59-57-55-53-51-49-47-45-43-41-39-37-35-33-31-29-27-25-23-21-19-17-15-13-11-9-7-2/h71H,6-70H2,1-5H3. The van der Waals surface area contributed by atoms with Gasteiger partial charge < -0.3 is 27.9 Å². The van der Waals surface area contributed by atoms with Crippen LogP contribution in [0.1, 0.15) is 406 Å². The summed E-state index contributed by atoms with van der Waals surface area (Å²) in [5.41, 5.74) is 0. The van der Waals surface area contributed by atoms with Gasteiger partial charge in [0.05, 0.1) is 27.7 Å². The number of hydrogen-bond donors (Lipinski definition) is 0. The molecule has 10 heteroatoms. The number of carbonyl (C=O) groups is 2. The molecule has 0 bridgehead atoms. The van der Waals surface area contributed by atoms with Gasteiger partial charge in [0.25, 0.3) is 7.82 Å². The van der Waals surface area contributed by atoms with Gasteiger partial charge in [0.1, 0.15) is 19.8 Å². The van der Waals surface area contributed by atoms with Gasteiger partial charge in [-0.25, -0.2) is 0 Å². The van der Waals surface area contributed by atoms with Crippen molar-refractivity contribution in [3.8, 4) is 0 Å². The van der Waals surface area contributed by atoms with Crippen LogP contribution in [-0.4, -0.2) is 70.0 Å². The third-order valence-corrected chi connectivity index (χ3v) is 18.3. The Labute approximate surface area is 518 Å². The van der Waals surface area contributed by atoms with Crippen LogP contribution in [0.2, 0.25) is 0 Å². The molecule has 83 heavy (non-hydrogen) atoms. The van der Waals surface area contributed by atoms with E-state index in [0.29, 0.717) is 17.4 Å². The molecule has 0 amide bonds. The van der Waals surface area contributed by atoms with Gasteiger partial charge in [0, 0.05) is 12.8 Å². The van der Waals surface area contributed by atoms with Crippen LogP contribution < -0.4 is 4.89 Å². The number of rotatable bonds is 71. The third-order valence-electron chi connectivity index (χ3n) is 17.4. The van der Waals surface area contributed by atoms with Crippen LogP contribution in [0.15, 0.2) is 0 Å². The Morgan fingerprint density at radius 1 is 0.325 bits per heavy atom. The van der Waals surface area contributed by atoms with E-state index in [2.05, 4.69) is 13.8 Å². The SMILES string of the molecule is CCCCCCCCCCCCCCCCCCCCCCCCCCCCCCCCC(=O)OC(COC(=O)CCCCCCCCCCCCCCCCCCCCCCCCCCCCCCC)COP(=O)([O-])OCC[N+](C)(C)C. The molecule has 2 atom stereocenters. The van der Waals surface area contributed by atoms with Crippen LogP contribution in [0.3, 0.4) is 0 Å². The maximum atomic E-state index is 12.9. The zero-order chi connectivity index (χ0) is 60.5. The Morgan fingerprint density at radius 3 is 0.771 bits per heavy atom. The summed E-state index contributed by atoms with van der Waals surface area (Å²) in [4.78, 5) is 38.1. The van der Waals surface area contributed by atoms with Crippen LogP contribution in [0.4, 0.5) is 0 Å². The lowest BCUT2D eigenvalue weighted by Gasteiger charge is -2.28. The van der Waals surface area contributed by atoms with Crippen molar-refractivity contribution in [3.63, 3.8) is 0 Å². The molecule has 0 rings (SSSR count). The molecule has 0 aliphatic rings. The molecule has 0 fully saturated rings. The predicted molar refractivity (Wildman–Crippen MR) is 356 cm³/mol. The first-order valence-corrected chi connectivity index (χ1v) is 38.7. The lowest BCUT2D eigenvalue weighted by Crippen LogP contribution is -2.37. The van der Waals surface area contributed by atoms with Crippen LogP contribution in [0.5, 0.6) is 0 Å². The predicted octanol–water partition coefficient (Wildman–Crippen LogP) is 23.5. The lowest BCUT2D eigenvalue weighted by atomic mass is 10.0. The van der Waals surface area contributed by atoms with Crippen LogP contribution in [0, 0.1) is 0 Å². The molecule has 0 aromatic heterocycles. The fraction of sp³-hybridized carbons (Fsp3) is 0.973. The van der Waals surface area contributed by atoms with E-state index in [1.54, 1.807) is 0 Å². The van der Waals surface area contributed by atoms with Crippen molar-refractivity contribution >= 4 is 19.8 Å². The summed E-state index contributed by atoms with van der Waals surface area (Å²) in [5.74, 6) is -0.802. The number of quaternary nitrogens is 1. The number of likely N-dealkylation sites (N-methyl/N-ethyl adjacent to an activating group) is 1. The molecular weight excluding hydrogens is 1050 g/mol. The topological polar surface area (TPSA) is 111 Å². The summed E-state index contributed by atoms with van der Waals surface area (Å²) in [6.45, 7) is 4.34. The highest BCUT2D eigenvalue weighted by molar-refractivity contribution is 7.45. The molecule has 0 aliphatic carbocycles. The van der Waals surface area contributed by atoms with E-state index < -0.39 is 26.5 Å². The van der Waals surface area contributed by atoms with Gasteiger partial charge in [-0.1, -0.05) is 380 Å². The molecule has 0 radical (unpaired) electrons. The monoisotopic (exact) mass is 1200 g/mol. The summed E-state index contributed by atoms with van der Waals surface area (Å²) < 4.78 is 34.4. The van der Waals surface area contributed by atoms with Crippen molar-refractivity contribution in [1.29, 1.82) is 0 Å². The Morgan fingerprint density at radius 2 is 0.542 bits per heavy atom. The van der Waals surface area contributed by atoms with Crippen LogP contribution in [-0.2, 0) is 32.7 Å². The molecule has 0 aromatic rings. The van der Waals surface area contributed by atoms with E-state index in [0.717, 1.165) is 32.1 Å². The average molecular weight is 1200 g/mol. The molecule has 496 valence electrons. The second kappa shape index (κ2) is 65.5. The fourth-order valence-electron chi connectivity index (χ4n) is 11.7. The smallest absolute Gasteiger partial charge is 0.306 e. The Bertz CT molecular complexity index is 1360. The number of nitrogens with zero attached hydrogens (tertiary/aromatic N) is 1. The summed E-state index contributed by atoms with van der Waals surface area (Å²) in [6.07, 6.45) is 79.3. The number of phosphoric ester groups is 1. The molecule has 0 aliphatic heterocycles. The Hall–Kier alpha value is -0.990. The van der Waals surface area contributed by atoms with E-state index in [9.17, 15) is 19.0 Å². The summed E-state index contributed by atoms with van der Waals surface area (Å²) in [5, 5.41) is 0. The van der Waals surface area contributed by atoms with Crippen molar-refractivity contribution in [1.82, 2.24) is 0 Å². The Kier molecular flexibility index (Phi) is 64.7. The first-order chi connectivity index (χ1) is 40.5. The van der Waals surface area contributed by atoms with Gasteiger partial charge in [-0.15, -0.1) is 0 Å². The van der Waals surface area contributed by atoms with Crippen LogP contribution >= 0.6 is 7.82 Å². The second-order valence-electron chi connectivity index (χ2n) is 27.0. The molecule has 0 N–H and O–H groups in total. The van der Waals surface area contributed by atoms with Gasteiger partial charge in [0.2, 0.25) is 0 Å². The third kappa shape index (κ3) is 70.0. The highest BCUT2D eigenvalue weighted by atomic mass is 31.2. The average Bonchev–Trinajstić information content (AvgIpc) is 3.49. The largest absolute Gasteiger partial charge is 0.756 e. The normalized spacial score (nSPS) is 13.0. The van der Waals surface area contributed by atoms with Gasteiger partial charge in [-0.3, -0.25) is 14.2 Å². The molecular formula is C73H146NO8P. The number of phosphoric acid groups is 1. The van der Waals surface area contributed by atoms with Crippen molar-refractivity contribution in [3.05, 3.63) is 0 Å². The highest BCUT2D eigenvalue weighted by Gasteiger charge is 2.22. The highest BCUT2D eigenvalue weighted by Crippen LogP contribution is 2.38. The first kappa shape index (κ1) is 82.0. The summed E-state index contributed by atoms with van der Waals surface area (Å²) >= 11 is 0. The van der Waals surface area contributed by atoms with Crippen molar-refractivity contribution in [2.24, 2.45) is 0 Å². The van der Waals surface area contributed by atoms with E-state index in [1.165, 1.54) is 340 Å². The van der Waals surface area contributed by atoms with Gasteiger partial charge >= 0.3 is 11.9 Å². The first-order valence-electron chi connectivity index (χ1n) is 37.2. The molecule has 0 spiro atoms. The van der Waals surface area contributed by atoms with E-state index in [-0.39, 0.29) is 32.0 Å². The van der Waals surface area contributed by atoms with Gasteiger partial charge in [-0.2, -0.15) is 0 Å². The molecule has 2 unspecified atom stereocenters. The fourth-order valence-corrected chi connectivity index (χ4v) is 12.4. The minimum atomic E-state index is -4.64. The number of unbranched alkanes of at least 4 members (excludes halogenated alkanes) is 57. The second-order valence-corrected chi connectivity index (χ2v) is 28.4. The zero-order valence-electron chi connectivity index (χ0n) is 56.7. The van der Waals surface area contributed by atoms with Crippen molar-refractivity contribution in [2.75, 3.05) is 47.5 Å². The van der Waals surface area contributed by atoms with Crippen LogP contribution in [0.25, 0.3) is 0 Å². The molecule has 0 heterocycles. The molecule has 0 saturated heterocycles. The summed E-state index contributed by atoms with van der Waals surface area (Å²) in [7, 11) is 1.20. The van der Waals surface area contributed by atoms with E-state index >= 15 is 0 Å². The van der Waals surface area contributed by atoms with Crippen molar-refractivity contribution < 1.29 is 42.1 Å². The Balaban J connectivity index is 3.93. The van der Waals surface area contributed by atoms with Crippen molar-refractivity contribution in [2.45, 2.75) is 412 Å². The lowest BCUT2D eigenvalue weighted by molar-refractivity contribution is -0.870.